The largest absolute Gasteiger partial charge is 0.352 e. The number of halogens is 1. The summed E-state index contributed by atoms with van der Waals surface area (Å²) >= 11 is 7.54. The average molecular weight is 433 g/mol. The van der Waals surface area contributed by atoms with Crippen molar-refractivity contribution in [3.05, 3.63) is 70.2 Å². The Kier molecular flexibility index (Phi) is 9.05. The van der Waals surface area contributed by atoms with Crippen molar-refractivity contribution in [2.75, 3.05) is 5.75 Å². The fourth-order valence-corrected chi connectivity index (χ4v) is 3.99. The quantitative estimate of drug-likeness (QED) is 0.617. The second kappa shape index (κ2) is 11.3. The number of thioether (sulfide) groups is 1. The van der Waals surface area contributed by atoms with Crippen molar-refractivity contribution in [2.45, 2.75) is 52.1 Å². The topological polar surface area (TPSA) is 49.4 Å². The molecule has 0 heterocycles. The Hall–Kier alpha value is -1.98. The van der Waals surface area contributed by atoms with Crippen molar-refractivity contribution < 1.29 is 9.59 Å². The zero-order valence-corrected chi connectivity index (χ0v) is 19.0. The summed E-state index contributed by atoms with van der Waals surface area (Å²) in [5.74, 6) is 0.886. The Balaban J connectivity index is 2.07. The van der Waals surface area contributed by atoms with Crippen LogP contribution in [0.3, 0.4) is 0 Å². The van der Waals surface area contributed by atoms with Crippen LogP contribution in [0.15, 0.2) is 48.5 Å². The van der Waals surface area contributed by atoms with E-state index in [0.29, 0.717) is 17.3 Å². The summed E-state index contributed by atoms with van der Waals surface area (Å²) in [6, 6.07) is 15.0. The van der Waals surface area contributed by atoms with E-state index in [2.05, 4.69) is 24.4 Å². The molecule has 2 aromatic rings. The van der Waals surface area contributed by atoms with E-state index in [1.165, 1.54) is 11.1 Å². The molecule has 2 amide bonds. The maximum Gasteiger partial charge on any atom is 0.242 e. The lowest BCUT2D eigenvalue weighted by Gasteiger charge is -2.29. The highest BCUT2D eigenvalue weighted by Gasteiger charge is 2.26. The standard InChI is InChI=1S/C23H29ClN2O2S/c1-16(2)25-23(28)18(4)26(13-19-9-11-21(24)12-10-19)22(27)15-29-14-20-8-6-5-7-17(20)3/h5-12,16,18H,13-15H2,1-4H3,(H,25,28)/t18-/m0/s1. The molecule has 2 rings (SSSR count). The monoisotopic (exact) mass is 432 g/mol. The predicted octanol–water partition coefficient (Wildman–Crippen LogP) is 4.82. The van der Waals surface area contributed by atoms with Crippen LogP contribution in [0.1, 0.15) is 37.5 Å². The molecule has 4 nitrogen and oxygen atoms in total. The molecule has 0 aliphatic heterocycles. The number of hydrogen-bond donors (Lipinski definition) is 1. The van der Waals surface area contributed by atoms with Gasteiger partial charge in [-0.2, -0.15) is 0 Å². The molecule has 0 spiro atoms. The van der Waals surface area contributed by atoms with Crippen molar-refractivity contribution in [3.8, 4) is 0 Å². The summed E-state index contributed by atoms with van der Waals surface area (Å²) in [5, 5.41) is 3.55. The van der Waals surface area contributed by atoms with Gasteiger partial charge in [0.2, 0.25) is 11.8 Å². The van der Waals surface area contributed by atoms with Gasteiger partial charge in [0, 0.05) is 23.4 Å². The molecule has 0 unspecified atom stereocenters. The first-order valence-electron chi connectivity index (χ1n) is 9.74. The third-order valence-corrected chi connectivity index (χ3v) is 5.83. The number of nitrogens with one attached hydrogen (secondary N) is 1. The molecule has 0 saturated heterocycles. The lowest BCUT2D eigenvalue weighted by Crippen LogP contribution is -2.49. The van der Waals surface area contributed by atoms with Crippen LogP contribution in [0.25, 0.3) is 0 Å². The van der Waals surface area contributed by atoms with Crippen LogP contribution in [0.5, 0.6) is 0 Å². The van der Waals surface area contributed by atoms with Crippen molar-refractivity contribution >= 4 is 35.2 Å². The van der Waals surface area contributed by atoms with E-state index in [9.17, 15) is 9.59 Å². The summed E-state index contributed by atoms with van der Waals surface area (Å²) in [4.78, 5) is 27.2. The Bertz CT molecular complexity index is 824. The molecule has 0 aromatic heterocycles. The molecule has 6 heteroatoms. The van der Waals surface area contributed by atoms with Crippen molar-refractivity contribution in [2.24, 2.45) is 0 Å². The summed E-state index contributed by atoms with van der Waals surface area (Å²) in [6.07, 6.45) is 0. The number of nitrogens with zero attached hydrogens (tertiary/aromatic N) is 1. The second-order valence-corrected chi connectivity index (χ2v) is 8.83. The van der Waals surface area contributed by atoms with Crippen LogP contribution in [-0.4, -0.2) is 34.6 Å². The lowest BCUT2D eigenvalue weighted by molar-refractivity contribution is -0.138. The molecule has 1 atom stereocenters. The van der Waals surface area contributed by atoms with Gasteiger partial charge in [0.25, 0.3) is 0 Å². The van der Waals surface area contributed by atoms with Crippen molar-refractivity contribution in [1.29, 1.82) is 0 Å². The maximum atomic E-state index is 13.0. The molecule has 0 bridgehead atoms. The van der Waals surface area contributed by atoms with Gasteiger partial charge < -0.3 is 10.2 Å². The van der Waals surface area contributed by atoms with Crippen LogP contribution >= 0.6 is 23.4 Å². The third-order valence-electron chi connectivity index (χ3n) is 4.61. The van der Waals surface area contributed by atoms with Crippen LogP contribution in [0.2, 0.25) is 5.02 Å². The third kappa shape index (κ3) is 7.41. The number of amides is 2. The molecule has 1 N–H and O–H groups in total. The molecular formula is C23H29ClN2O2S. The van der Waals surface area contributed by atoms with E-state index < -0.39 is 6.04 Å². The second-order valence-electron chi connectivity index (χ2n) is 7.41. The zero-order valence-electron chi connectivity index (χ0n) is 17.4. The van der Waals surface area contributed by atoms with Crippen LogP contribution in [0.4, 0.5) is 0 Å². The van der Waals surface area contributed by atoms with Gasteiger partial charge in [-0.1, -0.05) is 48.0 Å². The molecule has 0 aliphatic rings. The van der Waals surface area contributed by atoms with Crippen molar-refractivity contribution in [3.63, 3.8) is 0 Å². The van der Waals surface area contributed by atoms with Gasteiger partial charge in [0.05, 0.1) is 5.75 Å². The Morgan fingerprint density at radius 1 is 1.07 bits per heavy atom. The minimum absolute atomic E-state index is 0.0212. The van der Waals surface area contributed by atoms with E-state index in [-0.39, 0.29) is 17.9 Å². The Morgan fingerprint density at radius 3 is 2.34 bits per heavy atom. The van der Waals surface area contributed by atoms with Crippen LogP contribution in [0, 0.1) is 6.92 Å². The summed E-state index contributed by atoms with van der Waals surface area (Å²) in [7, 11) is 0. The van der Waals surface area contributed by atoms with Crippen LogP contribution < -0.4 is 5.32 Å². The number of carbonyl (C=O) groups is 2. The van der Waals surface area contributed by atoms with Gasteiger partial charge in [-0.25, -0.2) is 0 Å². The van der Waals surface area contributed by atoms with Crippen LogP contribution in [-0.2, 0) is 21.9 Å². The highest BCUT2D eigenvalue weighted by Crippen LogP contribution is 2.19. The highest BCUT2D eigenvalue weighted by atomic mass is 35.5. The Morgan fingerprint density at radius 2 is 1.72 bits per heavy atom. The fourth-order valence-electron chi connectivity index (χ4n) is 2.88. The van der Waals surface area contributed by atoms with Gasteiger partial charge >= 0.3 is 0 Å². The van der Waals surface area contributed by atoms with E-state index in [0.717, 1.165) is 11.3 Å². The van der Waals surface area contributed by atoms with E-state index in [1.807, 2.05) is 38.1 Å². The Labute approximate surface area is 183 Å². The molecular weight excluding hydrogens is 404 g/mol. The predicted molar refractivity (Wildman–Crippen MR) is 122 cm³/mol. The molecule has 0 saturated carbocycles. The van der Waals surface area contributed by atoms with E-state index >= 15 is 0 Å². The lowest BCUT2D eigenvalue weighted by atomic mass is 10.1. The zero-order chi connectivity index (χ0) is 21.4. The number of rotatable bonds is 9. The van der Waals surface area contributed by atoms with Gasteiger partial charge in [-0.15, -0.1) is 11.8 Å². The number of benzene rings is 2. The smallest absolute Gasteiger partial charge is 0.242 e. The fraction of sp³-hybridized carbons (Fsp3) is 0.391. The van der Waals surface area contributed by atoms with E-state index in [1.54, 1.807) is 35.7 Å². The van der Waals surface area contributed by atoms with Gasteiger partial charge in [-0.3, -0.25) is 9.59 Å². The highest BCUT2D eigenvalue weighted by molar-refractivity contribution is 7.99. The normalized spacial score (nSPS) is 11.9. The first-order chi connectivity index (χ1) is 13.8. The molecule has 0 aliphatic carbocycles. The van der Waals surface area contributed by atoms with Gasteiger partial charge in [-0.05, 0) is 56.5 Å². The van der Waals surface area contributed by atoms with Crippen molar-refractivity contribution in [1.82, 2.24) is 10.2 Å². The first kappa shape index (κ1) is 23.3. The maximum absolute atomic E-state index is 13.0. The molecule has 29 heavy (non-hydrogen) atoms. The molecule has 0 radical (unpaired) electrons. The van der Waals surface area contributed by atoms with Gasteiger partial charge in [0.15, 0.2) is 0 Å². The summed E-state index contributed by atoms with van der Waals surface area (Å²) in [5.41, 5.74) is 3.38. The number of carbonyl (C=O) groups excluding carboxylic acids is 2. The average Bonchev–Trinajstić information content (AvgIpc) is 2.68. The molecule has 0 fully saturated rings. The SMILES string of the molecule is Cc1ccccc1CSCC(=O)N(Cc1ccc(Cl)cc1)[C@@H](C)C(=O)NC(C)C. The number of hydrogen-bond acceptors (Lipinski definition) is 3. The minimum Gasteiger partial charge on any atom is -0.352 e. The van der Waals surface area contributed by atoms with Gasteiger partial charge in [0.1, 0.15) is 6.04 Å². The molecule has 156 valence electrons. The minimum atomic E-state index is -0.556. The first-order valence-corrected chi connectivity index (χ1v) is 11.3. The molecule has 2 aromatic carbocycles. The summed E-state index contributed by atoms with van der Waals surface area (Å²) in [6.45, 7) is 8.04. The summed E-state index contributed by atoms with van der Waals surface area (Å²) < 4.78 is 0. The number of aryl methyl sites for hydroxylation is 1. The van der Waals surface area contributed by atoms with E-state index in [4.69, 9.17) is 11.6 Å².